The van der Waals surface area contributed by atoms with Crippen molar-refractivity contribution in [1.29, 1.82) is 0 Å². The maximum atomic E-state index is 11.1. The molecule has 2 N–H and O–H groups in total. The van der Waals surface area contributed by atoms with Gasteiger partial charge in [0.25, 0.3) is 0 Å². The Balaban J connectivity index is 1.65. The molecule has 0 aromatic heterocycles. The van der Waals surface area contributed by atoms with Crippen LogP contribution in [0.3, 0.4) is 0 Å². The molecule has 2 rings (SSSR count). The van der Waals surface area contributed by atoms with Gasteiger partial charge in [0.2, 0.25) is 5.91 Å². The molecular weight excluding hydrogens is 192 g/mol. The van der Waals surface area contributed by atoms with Crippen LogP contribution in [-0.2, 0) is 4.79 Å². The van der Waals surface area contributed by atoms with Crippen LogP contribution in [-0.4, -0.2) is 74.6 Å². The Morgan fingerprint density at radius 2 is 1.67 bits per heavy atom. The molecule has 2 saturated heterocycles. The van der Waals surface area contributed by atoms with Crippen LogP contribution in [0.4, 0.5) is 0 Å². The van der Waals surface area contributed by atoms with Crippen LogP contribution in [0.5, 0.6) is 0 Å². The van der Waals surface area contributed by atoms with Gasteiger partial charge in [-0.05, 0) is 0 Å². The Hall–Kier alpha value is -0.650. The summed E-state index contributed by atoms with van der Waals surface area (Å²) in [5, 5.41) is 6.19. The molecular formula is C10H20N4O. The summed E-state index contributed by atoms with van der Waals surface area (Å²) in [4.78, 5) is 15.8. The lowest BCUT2D eigenvalue weighted by Crippen LogP contribution is -2.51. The topological polar surface area (TPSA) is 47.6 Å². The lowest BCUT2D eigenvalue weighted by atomic mass is 10.3. The molecule has 2 aliphatic rings. The van der Waals surface area contributed by atoms with E-state index < -0.39 is 0 Å². The molecule has 0 aliphatic carbocycles. The van der Waals surface area contributed by atoms with Crippen molar-refractivity contribution in [2.24, 2.45) is 0 Å². The highest BCUT2D eigenvalue weighted by Gasteiger charge is 2.17. The third-order valence-electron chi connectivity index (χ3n) is 3.06. The Bertz CT molecular complexity index is 215. The van der Waals surface area contributed by atoms with E-state index in [1.54, 1.807) is 0 Å². The molecule has 5 nitrogen and oxygen atoms in total. The molecule has 0 atom stereocenters. The number of hydrogen-bond acceptors (Lipinski definition) is 4. The van der Waals surface area contributed by atoms with Crippen molar-refractivity contribution in [3.63, 3.8) is 0 Å². The molecule has 86 valence electrons. The minimum atomic E-state index is 0.168. The third kappa shape index (κ3) is 3.44. The molecule has 2 fully saturated rings. The van der Waals surface area contributed by atoms with Crippen molar-refractivity contribution >= 4 is 5.91 Å². The molecule has 0 saturated carbocycles. The van der Waals surface area contributed by atoms with E-state index >= 15 is 0 Å². The summed E-state index contributed by atoms with van der Waals surface area (Å²) >= 11 is 0. The first kappa shape index (κ1) is 10.9. The van der Waals surface area contributed by atoms with Gasteiger partial charge in [-0.15, -0.1) is 0 Å². The summed E-state index contributed by atoms with van der Waals surface area (Å²) in [7, 11) is 0. The Kier molecular flexibility index (Phi) is 3.94. The molecule has 2 heterocycles. The highest BCUT2D eigenvalue weighted by Crippen LogP contribution is 1.96. The molecule has 5 heteroatoms. The summed E-state index contributed by atoms with van der Waals surface area (Å²) in [5.74, 6) is 0.168. The first-order valence-electron chi connectivity index (χ1n) is 5.77. The number of carbonyl (C=O) groups is 1. The van der Waals surface area contributed by atoms with Crippen molar-refractivity contribution in [2.75, 3.05) is 58.9 Å². The monoisotopic (exact) mass is 212 g/mol. The standard InChI is InChI=1S/C10H20N4O/c15-10-9-14(6-3-12-10)8-7-13-4-1-11-2-5-13/h11H,1-9H2,(H,12,15). The van der Waals surface area contributed by atoms with E-state index in [4.69, 9.17) is 0 Å². The fraction of sp³-hybridized carbons (Fsp3) is 0.900. The van der Waals surface area contributed by atoms with Gasteiger partial charge in [-0.1, -0.05) is 0 Å². The number of rotatable bonds is 3. The van der Waals surface area contributed by atoms with Crippen LogP contribution in [0.2, 0.25) is 0 Å². The summed E-state index contributed by atoms with van der Waals surface area (Å²) in [6.07, 6.45) is 0. The molecule has 0 bridgehead atoms. The van der Waals surface area contributed by atoms with Crippen LogP contribution in [0.15, 0.2) is 0 Å². The lowest BCUT2D eigenvalue weighted by Gasteiger charge is -2.31. The third-order valence-corrected chi connectivity index (χ3v) is 3.06. The zero-order valence-electron chi connectivity index (χ0n) is 9.17. The molecule has 0 spiro atoms. The number of piperazine rings is 2. The SMILES string of the molecule is O=C1CN(CCN2CCNCC2)CCN1. The molecule has 1 amide bonds. The average Bonchev–Trinajstić information content (AvgIpc) is 2.28. The first-order valence-corrected chi connectivity index (χ1v) is 5.77. The highest BCUT2D eigenvalue weighted by atomic mass is 16.2. The van der Waals surface area contributed by atoms with E-state index in [2.05, 4.69) is 20.4 Å². The zero-order valence-corrected chi connectivity index (χ0v) is 9.17. The van der Waals surface area contributed by atoms with Crippen molar-refractivity contribution < 1.29 is 4.79 Å². The van der Waals surface area contributed by atoms with Crippen molar-refractivity contribution in [2.45, 2.75) is 0 Å². The van der Waals surface area contributed by atoms with Crippen LogP contribution in [0.25, 0.3) is 0 Å². The molecule has 0 radical (unpaired) electrons. The maximum absolute atomic E-state index is 11.1. The summed E-state index contributed by atoms with van der Waals surface area (Å²) in [5.41, 5.74) is 0. The van der Waals surface area contributed by atoms with E-state index in [0.29, 0.717) is 6.54 Å². The second-order valence-electron chi connectivity index (χ2n) is 4.22. The van der Waals surface area contributed by atoms with Crippen LogP contribution in [0, 0.1) is 0 Å². The molecule has 0 aromatic carbocycles. The largest absolute Gasteiger partial charge is 0.354 e. The fourth-order valence-corrected chi connectivity index (χ4v) is 2.10. The Morgan fingerprint density at radius 1 is 1.00 bits per heavy atom. The number of carbonyl (C=O) groups excluding carboxylic acids is 1. The van der Waals surface area contributed by atoms with Crippen LogP contribution in [0.1, 0.15) is 0 Å². The summed E-state index contributed by atoms with van der Waals surface area (Å²) in [6, 6.07) is 0. The molecule has 2 aliphatic heterocycles. The smallest absolute Gasteiger partial charge is 0.234 e. The number of hydrogen-bond donors (Lipinski definition) is 2. The van der Waals surface area contributed by atoms with Gasteiger partial charge >= 0.3 is 0 Å². The average molecular weight is 212 g/mol. The summed E-state index contributed by atoms with van der Waals surface area (Å²) in [6.45, 7) is 8.97. The number of nitrogens with zero attached hydrogens (tertiary/aromatic N) is 2. The van der Waals surface area contributed by atoms with E-state index in [0.717, 1.165) is 52.4 Å². The molecule has 0 unspecified atom stereocenters. The number of amides is 1. The van der Waals surface area contributed by atoms with E-state index in [9.17, 15) is 4.79 Å². The fourth-order valence-electron chi connectivity index (χ4n) is 2.10. The predicted molar refractivity (Wildman–Crippen MR) is 58.8 cm³/mol. The van der Waals surface area contributed by atoms with Gasteiger partial charge < -0.3 is 10.6 Å². The Morgan fingerprint density at radius 3 is 2.40 bits per heavy atom. The maximum Gasteiger partial charge on any atom is 0.234 e. The van der Waals surface area contributed by atoms with Gasteiger partial charge in [-0.25, -0.2) is 0 Å². The second kappa shape index (κ2) is 5.44. The van der Waals surface area contributed by atoms with Crippen LogP contribution >= 0.6 is 0 Å². The quantitative estimate of drug-likeness (QED) is 0.587. The van der Waals surface area contributed by atoms with Crippen molar-refractivity contribution in [1.82, 2.24) is 20.4 Å². The van der Waals surface area contributed by atoms with Gasteiger partial charge in [-0.3, -0.25) is 14.6 Å². The Labute approximate surface area is 90.8 Å². The minimum Gasteiger partial charge on any atom is -0.354 e. The normalized spacial score (nSPS) is 25.2. The van der Waals surface area contributed by atoms with Gasteiger partial charge in [0.1, 0.15) is 0 Å². The van der Waals surface area contributed by atoms with Gasteiger partial charge in [0.15, 0.2) is 0 Å². The van der Waals surface area contributed by atoms with E-state index in [-0.39, 0.29) is 5.91 Å². The predicted octanol–water partition coefficient (Wildman–Crippen LogP) is -1.68. The van der Waals surface area contributed by atoms with Crippen LogP contribution < -0.4 is 10.6 Å². The molecule has 15 heavy (non-hydrogen) atoms. The van der Waals surface area contributed by atoms with E-state index in [1.807, 2.05) is 0 Å². The second-order valence-corrected chi connectivity index (χ2v) is 4.22. The van der Waals surface area contributed by atoms with Gasteiger partial charge in [0.05, 0.1) is 6.54 Å². The van der Waals surface area contributed by atoms with Gasteiger partial charge in [0, 0.05) is 52.4 Å². The lowest BCUT2D eigenvalue weighted by molar-refractivity contribution is -0.124. The highest BCUT2D eigenvalue weighted by molar-refractivity contribution is 5.78. The van der Waals surface area contributed by atoms with Gasteiger partial charge in [-0.2, -0.15) is 0 Å². The minimum absolute atomic E-state index is 0.168. The summed E-state index contributed by atoms with van der Waals surface area (Å²) < 4.78 is 0. The van der Waals surface area contributed by atoms with E-state index in [1.165, 1.54) is 0 Å². The first-order chi connectivity index (χ1) is 7.34. The molecule has 0 aromatic rings. The van der Waals surface area contributed by atoms with Crippen molar-refractivity contribution in [3.8, 4) is 0 Å². The van der Waals surface area contributed by atoms with Crippen molar-refractivity contribution in [3.05, 3.63) is 0 Å². The zero-order chi connectivity index (χ0) is 10.5. The number of nitrogens with one attached hydrogen (secondary N) is 2.